The second kappa shape index (κ2) is 7.16. The summed E-state index contributed by atoms with van der Waals surface area (Å²) >= 11 is 1.10. The summed E-state index contributed by atoms with van der Waals surface area (Å²) in [6.45, 7) is 0. The molecule has 1 amide bonds. The van der Waals surface area contributed by atoms with Crippen LogP contribution in [0.25, 0.3) is 10.9 Å². The van der Waals surface area contributed by atoms with Crippen molar-refractivity contribution >= 4 is 45.2 Å². The summed E-state index contributed by atoms with van der Waals surface area (Å²) in [7, 11) is 0. The van der Waals surface area contributed by atoms with Gasteiger partial charge in [-0.2, -0.15) is 4.99 Å². The van der Waals surface area contributed by atoms with Crippen LogP contribution in [-0.2, 0) is 4.79 Å². The molecule has 7 nitrogen and oxygen atoms in total. The van der Waals surface area contributed by atoms with E-state index in [9.17, 15) is 14.7 Å². The van der Waals surface area contributed by atoms with Crippen molar-refractivity contribution < 1.29 is 14.7 Å². The molecule has 2 aromatic carbocycles. The topological polar surface area (TPSA) is 107 Å². The van der Waals surface area contributed by atoms with Gasteiger partial charge < -0.3 is 10.1 Å². The molecule has 0 unspecified atom stereocenters. The van der Waals surface area contributed by atoms with Crippen molar-refractivity contribution in [3.05, 3.63) is 60.2 Å². The first-order valence-corrected chi connectivity index (χ1v) is 9.08. The molecule has 134 valence electrons. The Bertz CT molecular complexity index is 1090. The Morgan fingerprint density at radius 1 is 1.11 bits per heavy atom. The average Bonchev–Trinajstić information content (AvgIpc) is 3.19. The number of aliphatic imine (C=N–C) groups is 1. The van der Waals surface area contributed by atoms with Crippen molar-refractivity contribution in [2.24, 2.45) is 15.2 Å². The standard InChI is InChI=1S/C19H14N4O3S/c24-14(11-6-2-1-3-7-11)10-15-17(25)21-19(27-15)23-22-16-12-8-4-5-9-13(12)20-18(16)26/h1-9,15,20,26H,10H2/t15-/m1/s1. The molecule has 27 heavy (non-hydrogen) atoms. The smallest absolute Gasteiger partial charge is 0.262 e. The lowest BCUT2D eigenvalue weighted by atomic mass is 10.1. The molecule has 1 atom stereocenters. The van der Waals surface area contributed by atoms with E-state index < -0.39 is 11.2 Å². The molecule has 0 fully saturated rings. The number of carbonyl (C=O) groups excluding carboxylic acids is 2. The Labute approximate surface area is 158 Å². The van der Waals surface area contributed by atoms with Crippen LogP contribution in [0.1, 0.15) is 16.8 Å². The second-order valence-electron chi connectivity index (χ2n) is 5.90. The normalized spacial score (nSPS) is 17.0. The molecule has 0 aliphatic carbocycles. The van der Waals surface area contributed by atoms with Crippen LogP contribution in [0, 0.1) is 0 Å². The molecule has 4 rings (SSSR count). The number of thioether (sulfide) groups is 1. The number of rotatable bonds is 4. The van der Waals surface area contributed by atoms with Gasteiger partial charge in [-0.3, -0.25) is 9.59 Å². The molecule has 0 radical (unpaired) electrons. The number of nitrogens with zero attached hydrogens (tertiary/aromatic N) is 3. The monoisotopic (exact) mass is 378 g/mol. The fourth-order valence-corrected chi connectivity index (χ4v) is 3.64. The van der Waals surface area contributed by atoms with Gasteiger partial charge in [0.15, 0.2) is 11.5 Å². The lowest BCUT2D eigenvalue weighted by Gasteiger charge is -2.04. The minimum Gasteiger partial charge on any atom is -0.493 e. The summed E-state index contributed by atoms with van der Waals surface area (Å²) < 4.78 is 0. The second-order valence-corrected chi connectivity index (χ2v) is 7.07. The average molecular weight is 378 g/mol. The van der Waals surface area contributed by atoms with Gasteiger partial charge in [0.05, 0.1) is 5.52 Å². The Morgan fingerprint density at radius 2 is 1.85 bits per heavy atom. The zero-order valence-corrected chi connectivity index (χ0v) is 14.8. The number of nitrogens with one attached hydrogen (secondary N) is 1. The number of hydrogen-bond donors (Lipinski definition) is 2. The molecule has 0 saturated carbocycles. The van der Waals surface area contributed by atoms with E-state index >= 15 is 0 Å². The number of aromatic nitrogens is 1. The first-order chi connectivity index (χ1) is 13.1. The number of ketones is 1. The maximum atomic E-state index is 12.3. The van der Waals surface area contributed by atoms with E-state index in [1.807, 2.05) is 24.3 Å². The first kappa shape index (κ1) is 17.2. The third-order valence-electron chi connectivity index (χ3n) is 4.09. The molecule has 1 aliphatic rings. The predicted octanol–water partition coefficient (Wildman–Crippen LogP) is 4.23. The number of Topliss-reactive ketones (excluding diaryl/α,β-unsaturated/α-hetero) is 1. The van der Waals surface area contributed by atoms with Crippen molar-refractivity contribution in [2.75, 3.05) is 0 Å². The van der Waals surface area contributed by atoms with E-state index in [1.165, 1.54) is 0 Å². The molecule has 2 heterocycles. The van der Waals surface area contributed by atoms with Crippen LogP contribution < -0.4 is 0 Å². The molecule has 0 spiro atoms. The van der Waals surface area contributed by atoms with Gasteiger partial charge in [0.1, 0.15) is 5.25 Å². The minimum atomic E-state index is -0.608. The third kappa shape index (κ3) is 3.52. The number of amidine groups is 1. The van der Waals surface area contributed by atoms with E-state index in [4.69, 9.17) is 0 Å². The molecule has 2 N–H and O–H groups in total. The summed E-state index contributed by atoms with van der Waals surface area (Å²) in [4.78, 5) is 31.0. The molecule has 1 aromatic heterocycles. The van der Waals surface area contributed by atoms with Gasteiger partial charge in [-0.05, 0) is 6.07 Å². The Morgan fingerprint density at radius 3 is 2.67 bits per heavy atom. The number of benzene rings is 2. The van der Waals surface area contributed by atoms with Crippen molar-refractivity contribution in [3.63, 3.8) is 0 Å². The SMILES string of the molecule is O=C(C[C@H]1SC(N=Nc2c(O)[nH]c3ccccc23)=NC1=O)c1ccccc1. The number of para-hydroxylation sites is 1. The Balaban J connectivity index is 1.47. The quantitative estimate of drug-likeness (QED) is 0.523. The van der Waals surface area contributed by atoms with Crippen LogP contribution in [0.3, 0.4) is 0 Å². The number of H-pyrrole nitrogens is 1. The summed E-state index contributed by atoms with van der Waals surface area (Å²) in [5.41, 5.74) is 1.57. The highest BCUT2D eigenvalue weighted by Gasteiger charge is 2.31. The summed E-state index contributed by atoms with van der Waals surface area (Å²) in [6, 6.07) is 16.1. The third-order valence-corrected chi connectivity index (χ3v) is 5.13. The molecular weight excluding hydrogens is 364 g/mol. The Hall–Kier alpha value is -3.26. The van der Waals surface area contributed by atoms with Gasteiger partial charge in [-0.15, -0.1) is 10.2 Å². The van der Waals surface area contributed by atoms with Crippen molar-refractivity contribution in [1.82, 2.24) is 4.98 Å². The van der Waals surface area contributed by atoms with Crippen LogP contribution in [0.5, 0.6) is 5.88 Å². The maximum absolute atomic E-state index is 12.3. The first-order valence-electron chi connectivity index (χ1n) is 8.20. The number of aromatic amines is 1. The summed E-state index contributed by atoms with van der Waals surface area (Å²) in [5.74, 6) is -0.629. The highest BCUT2D eigenvalue weighted by molar-refractivity contribution is 8.15. The summed E-state index contributed by atoms with van der Waals surface area (Å²) in [5, 5.41) is 18.3. The highest BCUT2D eigenvalue weighted by Crippen LogP contribution is 2.36. The number of fused-ring (bicyclic) bond motifs is 1. The number of amides is 1. The summed E-state index contributed by atoms with van der Waals surface area (Å²) in [6.07, 6.45) is 0.0500. The van der Waals surface area contributed by atoms with Gasteiger partial charge >= 0.3 is 0 Å². The minimum absolute atomic E-state index is 0.0500. The van der Waals surface area contributed by atoms with Crippen LogP contribution in [0.4, 0.5) is 5.69 Å². The zero-order valence-electron chi connectivity index (χ0n) is 14.0. The number of hydrogen-bond acceptors (Lipinski definition) is 6. The molecule has 3 aromatic rings. The van der Waals surface area contributed by atoms with E-state index in [2.05, 4.69) is 20.2 Å². The van der Waals surface area contributed by atoms with Gasteiger partial charge in [-0.1, -0.05) is 60.3 Å². The van der Waals surface area contributed by atoms with Crippen LogP contribution in [0.15, 0.2) is 69.8 Å². The van der Waals surface area contributed by atoms with Gasteiger partial charge in [0.25, 0.3) is 5.91 Å². The molecule has 0 bridgehead atoms. The van der Waals surface area contributed by atoms with E-state index in [-0.39, 0.29) is 28.9 Å². The van der Waals surface area contributed by atoms with Crippen LogP contribution in [-0.4, -0.2) is 32.2 Å². The zero-order chi connectivity index (χ0) is 18.8. The molecule has 8 heteroatoms. The number of carbonyl (C=O) groups is 2. The Kier molecular flexibility index (Phi) is 4.55. The lowest BCUT2D eigenvalue weighted by molar-refractivity contribution is -0.117. The lowest BCUT2D eigenvalue weighted by Crippen LogP contribution is -2.16. The predicted molar refractivity (Wildman–Crippen MR) is 104 cm³/mol. The fourth-order valence-electron chi connectivity index (χ4n) is 2.76. The van der Waals surface area contributed by atoms with Crippen LogP contribution >= 0.6 is 11.8 Å². The fraction of sp³-hybridized carbons (Fsp3) is 0.105. The van der Waals surface area contributed by atoms with E-state index in [0.29, 0.717) is 10.9 Å². The van der Waals surface area contributed by atoms with Gasteiger partial charge in [0, 0.05) is 17.4 Å². The molecule has 0 saturated heterocycles. The van der Waals surface area contributed by atoms with E-state index in [0.717, 1.165) is 17.3 Å². The number of azo groups is 1. The van der Waals surface area contributed by atoms with Crippen molar-refractivity contribution in [2.45, 2.75) is 11.7 Å². The van der Waals surface area contributed by atoms with Crippen LogP contribution in [0.2, 0.25) is 0 Å². The maximum Gasteiger partial charge on any atom is 0.262 e. The van der Waals surface area contributed by atoms with Gasteiger partial charge in [-0.25, -0.2) is 0 Å². The highest BCUT2D eigenvalue weighted by atomic mass is 32.2. The van der Waals surface area contributed by atoms with Gasteiger partial charge in [0.2, 0.25) is 11.0 Å². The molecular formula is C19H14N4O3S. The largest absolute Gasteiger partial charge is 0.493 e. The number of aromatic hydroxyl groups is 1. The molecule has 1 aliphatic heterocycles. The van der Waals surface area contributed by atoms with Crippen molar-refractivity contribution in [1.29, 1.82) is 0 Å². The van der Waals surface area contributed by atoms with Crippen molar-refractivity contribution in [3.8, 4) is 5.88 Å². The van der Waals surface area contributed by atoms with E-state index in [1.54, 1.807) is 30.3 Å².